The van der Waals surface area contributed by atoms with E-state index >= 15 is 0 Å². The zero-order valence-electron chi connectivity index (χ0n) is 14.1. The summed E-state index contributed by atoms with van der Waals surface area (Å²) < 4.78 is 0. The normalized spacial score (nSPS) is 10.7. The number of carboxylic acids is 1. The van der Waals surface area contributed by atoms with Crippen LogP contribution in [0.25, 0.3) is 22.4 Å². The minimum atomic E-state index is -0.991. The largest absolute Gasteiger partial charge is 0.478 e. The summed E-state index contributed by atoms with van der Waals surface area (Å²) in [5, 5.41) is 11.9. The summed E-state index contributed by atoms with van der Waals surface area (Å²) in [5.41, 5.74) is 3.59. The molecule has 0 saturated heterocycles. The van der Waals surface area contributed by atoms with Crippen LogP contribution in [0.4, 0.5) is 5.69 Å². The molecule has 0 fully saturated rings. The van der Waals surface area contributed by atoms with Crippen molar-refractivity contribution in [2.24, 2.45) is 0 Å². The third-order valence-corrected chi connectivity index (χ3v) is 4.18. The number of aromatic amines is 1. The summed E-state index contributed by atoms with van der Waals surface area (Å²) in [6.45, 7) is 0. The lowest BCUT2D eigenvalue weighted by molar-refractivity contribution is 0.0697. The van der Waals surface area contributed by atoms with Gasteiger partial charge in [-0.15, -0.1) is 0 Å². The Morgan fingerprint density at radius 3 is 2.30 bits per heavy atom. The Labute approximate surface area is 154 Å². The Kier molecular flexibility index (Phi) is 4.14. The van der Waals surface area contributed by atoms with E-state index < -0.39 is 5.97 Å². The molecule has 1 heterocycles. The number of carbonyl (C=O) groups is 2. The maximum atomic E-state index is 12.3. The van der Waals surface area contributed by atoms with E-state index in [2.05, 4.69) is 15.3 Å². The minimum absolute atomic E-state index is 0.188. The summed E-state index contributed by atoms with van der Waals surface area (Å²) in [6, 6.07) is 21.1. The molecule has 27 heavy (non-hydrogen) atoms. The number of imidazole rings is 1. The van der Waals surface area contributed by atoms with Crippen LogP contribution < -0.4 is 5.32 Å². The van der Waals surface area contributed by atoms with Gasteiger partial charge in [0.1, 0.15) is 5.82 Å². The van der Waals surface area contributed by atoms with Gasteiger partial charge in [0.2, 0.25) is 0 Å². The van der Waals surface area contributed by atoms with Crippen LogP contribution in [0.1, 0.15) is 20.7 Å². The fraction of sp³-hybridized carbons (Fsp3) is 0. The van der Waals surface area contributed by atoms with E-state index in [0.29, 0.717) is 16.9 Å². The van der Waals surface area contributed by atoms with Gasteiger partial charge in [-0.25, -0.2) is 9.78 Å². The molecule has 0 aliphatic rings. The summed E-state index contributed by atoms with van der Waals surface area (Å²) in [7, 11) is 0. The smallest absolute Gasteiger partial charge is 0.335 e. The lowest BCUT2D eigenvalue weighted by atomic mass is 10.1. The Balaban J connectivity index is 1.57. The van der Waals surface area contributed by atoms with Gasteiger partial charge in [-0.1, -0.05) is 30.3 Å². The van der Waals surface area contributed by atoms with Crippen LogP contribution in [0.15, 0.2) is 72.8 Å². The fourth-order valence-corrected chi connectivity index (χ4v) is 2.78. The molecule has 0 atom stereocenters. The van der Waals surface area contributed by atoms with E-state index in [0.717, 1.165) is 16.8 Å². The molecule has 0 radical (unpaired) electrons. The number of anilines is 1. The van der Waals surface area contributed by atoms with Crippen molar-refractivity contribution in [3.8, 4) is 11.4 Å². The van der Waals surface area contributed by atoms with Gasteiger partial charge in [0.15, 0.2) is 0 Å². The van der Waals surface area contributed by atoms with Crippen LogP contribution >= 0.6 is 0 Å². The maximum Gasteiger partial charge on any atom is 0.335 e. The van der Waals surface area contributed by atoms with Gasteiger partial charge in [0.25, 0.3) is 5.91 Å². The van der Waals surface area contributed by atoms with Crippen LogP contribution in [-0.4, -0.2) is 27.0 Å². The van der Waals surface area contributed by atoms with Crippen molar-refractivity contribution in [2.75, 3.05) is 5.32 Å². The van der Waals surface area contributed by atoms with Crippen molar-refractivity contribution >= 4 is 28.6 Å². The van der Waals surface area contributed by atoms with Crippen molar-refractivity contribution in [3.63, 3.8) is 0 Å². The van der Waals surface area contributed by atoms with Gasteiger partial charge in [-0.3, -0.25) is 4.79 Å². The monoisotopic (exact) mass is 357 g/mol. The van der Waals surface area contributed by atoms with E-state index in [1.807, 2.05) is 30.3 Å². The Morgan fingerprint density at radius 1 is 0.889 bits per heavy atom. The first-order valence-electron chi connectivity index (χ1n) is 8.30. The highest BCUT2D eigenvalue weighted by atomic mass is 16.4. The highest BCUT2D eigenvalue weighted by Gasteiger charge is 2.10. The van der Waals surface area contributed by atoms with E-state index in [4.69, 9.17) is 5.11 Å². The third kappa shape index (κ3) is 3.41. The number of fused-ring (bicyclic) bond motifs is 1. The number of carbonyl (C=O) groups excluding carboxylic acids is 1. The molecule has 132 valence electrons. The summed E-state index contributed by atoms with van der Waals surface area (Å²) >= 11 is 0. The highest BCUT2D eigenvalue weighted by molar-refractivity contribution is 6.04. The van der Waals surface area contributed by atoms with Crippen molar-refractivity contribution in [3.05, 3.63) is 83.9 Å². The van der Waals surface area contributed by atoms with Gasteiger partial charge in [-0.05, 0) is 42.5 Å². The summed E-state index contributed by atoms with van der Waals surface area (Å²) in [4.78, 5) is 31.0. The average molecular weight is 357 g/mol. The number of amides is 1. The second-order valence-electron chi connectivity index (χ2n) is 6.02. The minimum Gasteiger partial charge on any atom is -0.478 e. The molecule has 0 saturated carbocycles. The van der Waals surface area contributed by atoms with Crippen LogP contribution in [0.2, 0.25) is 0 Å². The number of H-pyrrole nitrogens is 1. The van der Waals surface area contributed by atoms with E-state index in [9.17, 15) is 9.59 Å². The number of nitrogens with one attached hydrogen (secondary N) is 2. The molecule has 0 spiro atoms. The molecule has 4 rings (SSSR count). The number of para-hydroxylation sites is 1. The Morgan fingerprint density at radius 2 is 1.59 bits per heavy atom. The topological polar surface area (TPSA) is 95.1 Å². The number of rotatable bonds is 4. The molecular formula is C21H15N3O3. The van der Waals surface area contributed by atoms with Gasteiger partial charge < -0.3 is 15.4 Å². The maximum absolute atomic E-state index is 12.3. The lowest BCUT2D eigenvalue weighted by Crippen LogP contribution is -2.11. The molecule has 3 N–H and O–H groups in total. The zero-order valence-corrected chi connectivity index (χ0v) is 14.1. The molecule has 6 heteroatoms. The van der Waals surface area contributed by atoms with Crippen molar-refractivity contribution in [1.82, 2.24) is 9.97 Å². The number of hydrogen-bond acceptors (Lipinski definition) is 3. The highest BCUT2D eigenvalue weighted by Crippen LogP contribution is 2.22. The second-order valence-corrected chi connectivity index (χ2v) is 6.02. The van der Waals surface area contributed by atoms with Crippen LogP contribution in [0.3, 0.4) is 0 Å². The first-order chi connectivity index (χ1) is 13.1. The number of carboxylic acid groups (broad SMARTS) is 1. The molecule has 0 unspecified atom stereocenters. The molecule has 0 aliphatic heterocycles. The number of nitrogens with zero attached hydrogens (tertiary/aromatic N) is 1. The number of benzene rings is 3. The molecule has 0 aliphatic carbocycles. The SMILES string of the molecule is O=C(O)c1ccc2[nH]c(-c3ccc(C(=O)Nc4ccccc4)cc3)nc2c1. The molecule has 6 nitrogen and oxygen atoms in total. The van der Waals surface area contributed by atoms with Gasteiger partial charge >= 0.3 is 5.97 Å². The molecular weight excluding hydrogens is 342 g/mol. The molecule has 1 amide bonds. The molecule has 4 aromatic rings. The van der Waals surface area contributed by atoms with Crippen LogP contribution in [-0.2, 0) is 0 Å². The standard InChI is InChI=1S/C21H15N3O3/c25-20(22-16-4-2-1-3-5-16)14-8-6-13(7-9-14)19-23-17-11-10-15(21(26)27)12-18(17)24-19/h1-12H,(H,22,25)(H,23,24)(H,26,27). The predicted molar refractivity (Wildman–Crippen MR) is 103 cm³/mol. The third-order valence-electron chi connectivity index (χ3n) is 4.18. The second kappa shape index (κ2) is 6.76. The number of aromatic carboxylic acids is 1. The zero-order chi connectivity index (χ0) is 18.8. The number of aromatic nitrogens is 2. The lowest BCUT2D eigenvalue weighted by Gasteiger charge is -2.05. The first kappa shape index (κ1) is 16.5. The molecule has 0 bridgehead atoms. The van der Waals surface area contributed by atoms with Gasteiger partial charge in [-0.2, -0.15) is 0 Å². The molecule has 1 aromatic heterocycles. The average Bonchev–Trinajstić information content (AvgIpc) is 3.12. The van der Waals surface area contributed by atoms with E-state index in [1.165, 1.54) is 12.1 Å². The first-order valence-corrected chi connectivity index (χ1v) is 8.30. The summed E-state index contributed by atoms with van der Waals surface area (Å²) in [5.74, 6) is -0.568. The van der Waals surface area contributed by atoms with Gasteiger partial charge in [0.05, 0.1) is 16.6 Å². The van der Waals surface area contributed by atoms with Crippen LogP contribution in [0.5, 0.6) is 0 Å². The van der Waals surface area contributed by atoms with E-state index in [1.54, 1.807) is 30.3 Å². The van der Waals surface area contributed by atoms with Gasteiger partial charge in [0, 0.05) is 16.8 Å². The van der Waals surface area contributed by atoms with Crippen molar-refractivity contribution in [1.29, 1.82) is 0 Å². The Bertz CT molecular complexity index is 1130. The Hall–Kier alpha value is -3.93. The molecule has 3 aromatic carbocycles. The van der Waals surface area contributed by atoms with Crippen molar-refractivity contribution in [2.45, 2.75) is 0 Å². The summed E-state index contributed by atoms with van der Waals surface area (Å²) in [6.07, 6.45) is 0. The van der Waals surface area contributed by atoms with Crippen molar-refractivity contribution < 1.29 is 14.7 Å². The van der Waals surface area contributed by atoms with Crippen LogP contribution in [0, 0.1) is 0 Å². The number of hydrogen-bond donors (Lipinski definition) is 3. The van der Waals surface area contributed by atoms with E-state index in [-0.39, 0.29) is 11.5 Å². The quantitative estimate of drug-likeness (QED) is 0.510. The fourth-order valence-electron chi connectivity index (χ4n) is 2.78. The predicted octanol–water partition coefficient (Wildman–Crippen LogP) is 4.18.